The highest BCUT2D eigenvalue weighted by atomic mass is 16.5. The van der Waals surface area contributed by atoms with Crippen LogP contribution in [0.3, 0.4) is 0 Å². The average molecular weight is 684 g/mol. The third-order valence-electron chi connectivity index (χ3n) is 9.09. The molecule has 2 amide bonds. The van der Waals surface area contributed by atoms with Gasteiger partial charge in [0.25, 0.3) is 0 Å². The topological polar surface area (TPSA) is 166 Å². The summed E-state index contributed by atoms with van der Waals surface area (Å²) in [6, 6.07) is 10.8. The molecule has 1 aliphatic carbocycles. The molecule has 0 radical (unpaired) electrons. The summed E-state index contributed by atoms with van der Waals surface area (Å²) in [4.78, 5) is 22.4. The summed E-state index contributed by atoms with van der Waals surface area (Å²) in [7, 11) is 4.09. The van der Waals surface area contributed by atoms with E-state index in [2.05, 4.69) is 20.6 Å². The average Bonchev–Trinajstić information content (AvgIpc) is 3.52. The zero-order valence-corrected chi connectivity index (χ0v) is 30.1. The summed E-state index contributed by atoms with van der Waals surface area (Å²) < 4.78 is 9.95. The minimum atomic E-state index is -0.387. The standard InChI is InChI=1S/C37H53N11O2/c1-37(2,3)32(38)22-34(42-26-23-41-47(24-26)21-11-18-45(4)5)44-36(49)43-30-15-16-31(29-13-8-7-12-28(29)30)50-27-14-17-33(39)48(25-27)35(40)46-19-9-6-10-20-46/h7-8,12-14,17,22-25,30-31,39-40H,6,9-11,15-16,18-21,38H2,1-5H3,(H2,42,43,44,49)/b32-22-,39-33?,40-35?. The predicted octanol–water partition coefficient (Wildman–Crippen LogP) is 5.26. The van der Waals surface area contributed by atoms with E-state index >= 15 is 0 Å². The van der Waals surface area contributed by atoms with E-state index in [1.807, 2.05) is 74.9 Å². The maximum atomic E-state index is 13.5. The number of benzene rings is 1. The fourth-order valence-electron chi connectivity index (χ4n) is 6.16. The number of aromatic nitrogens is 3. The Morgan fingerprint density at radius 2 is 1.84 bits per heavy atom. The molecule has 13 nitrogen and oxygen atoms in total. The maximum absolute atomic E-state index is 13.5. The molecule has 3 heterocycles. The fraction of sp³-hybridized carbons (Fsp3) is 0.486. The number of amidine groups is 1. The van der Waals surface area contributed by atoms with Gasteiger partial charge < -0.3 is 25.6 Å². The van der Waals surface area contributed by atoms with Crippen LogP contribution in [0.1, 0.15) is 82.6 Å². The Labute approximate surface area is 295 Å². The number of aliphatic imine (C=N–C) groups is 1. The van der Waals surface area contributed by atoms with Crippen molar-refractivity contribution in [3.8, 4) is 5.75 Å². The summed E-state index contributed by atoms with van der Waals surface area (Å²) >= 11 is 0. The highest BCUT2D eigenvalue weighted by Gasteiger charge is 2.30. The van der Waals surface area contributed by atoms with Crippen LogP contribution < -0.4 is 26.6 Å². The quantitative estimate of drug-likeness (QED) is 0.153. The lowest BCUT2D eigenvalue weighted by atomic mass is 9.85. The summed E-state index contributed by atoms with van der Waals surface area (Å²) in [6.45, 7) is 9.40. The zero-order valence-electron chi connectivity index (χ0n) is 30.1. The van der Waals surface area contributed by atoms with Crippen LogP contribution in [0.2, 0.25) is 0 Å². The highest BCUT2D eigenvalue weighted by molar-refractivity contribution is 6.05. The van der Waals surface area contributed by atoms with E-state index in [-0.39, 0.29) is 29.1 Å². The van der Waals surface area contributed by atoms with Crippen molar-refractivity contribution >= 4 is 23.5 Å². The number of allylic oxidation sites excluding steroid dienone is 1. The number of pyridine rings is 1. The van der Waals surface area contributed by atoms with E-state index < -0.39 is 0 Å². The second-order valence-corrected chi connectivity index (χ2v) is 14.4. The molecule has 0 saturated carbocycles. The van der Waals surface area contributed by atoms with E-state index in [1.54, 1.807) is 35.2 Å². The van der Waals surface area contributed by atoms with Crippen LogP contribution in [-0.4, -0.2) is 75.7 Å². The molecule has 3 aromatic rings. The molecule has 2 unspecified atom stereocenters. The van der Waals surface area contributed by atoms with Crippen LogP contribution >= 0.6 is 0 Å². The molecule has 2 atom stereocenters. The van der Waals surface area contributed by atoms with Gasteiger partial charge in [-0.2, -0.15) is 5.10 Å². The predicted molar refractivity (Wildman–Crippen MR) is 197 cm³/mol. The normalized spacial score (nSPS) is 18.5. The lowest BCUT2D eigenvalue weighted by Crippen LogP contribution is -2.43. The Hall–Kier alpha value is -4.91. The number of fused-ring (bicyclic) bond motifs is 1. The van der Waals surface area contributed by atoms with Gasteiger partial charge in [0.2, 0.25) is 5.96 Å². The van der Waals surface area contributed by atoms with Gasteiger partial charge in [-0.1, -0.05) is 45.0 Å². The maximum Gasteiger partial charge on any atom is 0.320 e. The Bertz CT molecular complexity index is 1760. The van der Waals surface area contributed by atoms with E-state index in [0.717, 1.165) is 56.6 Å². The molecule has 1 saturated heterocycles. The van der Waals surface area contributed by atoms with Crippen LogP contribution in [0.5, 0.6) is 5.75 Å². The number of nitrogens with one attached hydrogen (secondary N) is 4. The molecule has 1 aromatic carbocycles. The molecule has 0 spiro atoms. The molecule has 5 rings (SSSR count). The van der Waals surface area contributed by atoms with Gasteiger partial charge in [-0.3, -0.25) is 25.4 Å². The summed E-state index contributed by atoms with van der Waals surface area (Å²) in [6.07, 6.45) is 12.3. The number of carbonyl (C=O) groups is 1. The molecule has 50 heavy (non-hydrogen) atoms. The van der Waals surface area contributed by atoms with Crippen LogP contribution in [-0.2, 0) is 6.54 Å². The van der Waals surface area contributed by atoms with E-state index in [4.69, 9.17) is 26.3 Å². The van der Waals surface area contributed by atoms with Crippen LogP contribution in [0.4, 0.5) is 10.5 Å². The van der Waals surface area contributed by atoms with E-state index in [9.17, 15) is 4.79 Å². The van der Waals surface area contributed by atoms with Crippen molar-refractivity contribution in [3.63, 3.8) is 0 Å². The Morgan fingerprint density at radius 3 is 2.56 bits per heavy atom. The Kier molecular flexibility index (Phi) is 11.8. The van der Waals surface area contributed by atoms with Gasteiger partial charge in [0.1, 0.15) is 28.9 Å². The first-order valence-corrected chi connectivity index (χ1v) is 17.5. The van der Waals surface area contributed by atoms with Gasteiger partial charge in [0.05, 0.1) is 24.6 Å². The van der Waals surface area contributed by atoms with Gasteiger partial charge in [-0.15, -0.1) is 0 Å². The van der Waals surface area contributed by atoms with E-state index in [1.165, 1.54) is 6.42 Å². The van der Waals surface area contributed by atoms with Crippen molar-refractivity contribution in [2.24, 2.45) is 16.1 Å². The number of hydrogen-bond acceptors (Lipinski definition) is 8. The minimum absolute atomic E-state index is 0.239. The molecule has 2 aliphatic rings. The van der Waals surface area contributed by atoms with Crippen molar-refractivity contribution in [2.45, 2.75) is 78.0 Å². The zero-order chi connectivity index (χ0) is 35.8. The van der Waals surface area contributed by atoms with E-state index in [0.29, 0.717) is 41.8 Å². The number of amides is 2. The first-order valence-electron chi connectivity index (χ1n) is 17.5. The number of ether oxygens (including phenoxy) is 1. The van der Waals surface area contributed by atoms with Gasteiger partial charge in [-0.25, -0.2) is 9.79 Å². The molecule has 2 aromatic heterocycles. The smallest absolute Gasteiger partial charge is 0.320 e. The van der Waals surface area contributed by atoms with Crippen molar-refractivity contribution in [2.75, 3.05) is 33.7 Å². The molecular formula is C37H53N11O2. The molecule has 13 heteroatoms. The fourth-order valence-corrected chi connectivity index (χ4v) is 6.16. The van der Waals surface area contributed by atoms with Crippen molar-refractivity contribution in [3.05, 3.63) is 83.4 Å². The number of piperidine rings is 1. The number of hydrogen-bond donors (Lipinski definition) is 5. The Balaban J connectivity index is 1.29. The minimum Gasteiger partial charge on any atom is -0.484 e. The summed E-state index contributed by atoms with van der Waals surface area (Å²) in [5.74, 6) is 1.22. The van der Waals surface area contributed by atoms with Crippen molar-refractivity contribution in [1.29, 1.82) is 10.8 Å². The highest BCUT2D eigenvalue weighted by Crippen LogP contribution is 2.38. The third kappa shape index (κ3) is 9.62. The molecule has 0 bridgehead atoms. The number of likely N-dealkylation sites (tertiary alicyclic amines) is 1. The third-order valence-corrected chi connectivity index (χ3v) is 9.09. The number of nitrogens with two attached hydrogens (primary N) is 1. The lowest BCUT2D eigenvalue weighted by molar-refractivity contribution is 0.171. The van der Waals surface area contributed by atoms with Gasteiger partial charge in [-0.05, 0) is 82.4 Å². The molecule has 1 aliphatic heterocycles. The largest absolute Gasteiger partial charge is 0.484 e. The van der Waals surface area contributed by atoms with Gasteiger partial charge in [0, 0.05) is 36.8 Å². The van der Waals surface area contributed by atoms with Gasteiger partial charge >= 0.3 is 6.03 Å². The lowest BCUT2D eigenvalue weighted by Gasteiger charge is -2.33. The molecule has 268 valence electrons. The molecule has 6 N–H and O–H groups in total. The number of nitrogens with zero attached hydrogens (tertiary/aromatic N) is 6. The van der Waals surface area contributed by atoms with Crippen molar-refractivity contribution < 1.29 is 9.53 Å². The second kappa shape index (κ2) is 16.2. The summed E-state index contributed by atoms with van der Waals surface area (Å²) in [5.41, 5.74) is 9.52. The first-order chi connectivity index (χ1) is 23.9. The second-order valence-electron chi connectivity index (χ2n) is 14.4. The number of rotatable bonds is 9. The van der Waals surface area contributed by atoms with Crippen LogP contribution in [0.15, 0.2) is 71.8 Å². The molecule has 1 fully saturated rings. The number of carbonyl (C=O) groups excluding carboxylic acids is 1. The Morgan fingerprint density at radius 1 is 1.10 bits per heavy atom. The summed E-state index contributed by atoms with van der Waals surface area (Å²) in [5, 5.41) is 27.7. The number of aryl methyl sites for hydroxylation is 1. The SMILES string of the molecule is CN(C)CCCn1cc(N=C(/C=C(\N)C(C)(C)C)NC(=O)NC2CCC(Oc3ccc(=N)n(C(=N)N4CCCCC4)c3)c3ccccc32)cn1. The monoisotopic (exact) mass is 683 g/mol. The molecular weight excluding hydrogens is 630 g/mol. The van der Waals surface area contributed by atoms with Crippen LogP contribution in [0, 0.1) is 16.2 Å². The van der Waals surface area contributed by atoms with Crippen LogP contribution in [0.25, 0.3) is 0 Å². The first kappa shape index (κ1) is 36.4. The number of urea groups is 1. The van der Waals surface area contributed by atoms with Gasteiger partial charge in [0.15, 0.2) is 0 Å². The van der Waals surface area contributed by atoms with Crippen molar-refractivity contribution in [1.82, 2.24) is 34.8 Å².